The highest BCUT2D eigenvalue weighted by molar-refractivity contribution is 7.18. The molecule has 0 atom stereocenters. The van der Waals surface area contributed by atoms with Gasteiger partial charge in [0, 0.05) is 17.4 Å². The number of fused-ring (bicyclic) bond motifs is 4. The molecule has 3 heterocycles. The third-order valence-electron chi connectivity index (χ3n) is 4.98. The summed E-state index contributed by atoms with van der Waals surface area (Å²) in [5, 5.41) is 13.8. The van der Waals surface area contributed by atoms with Crippen LogP contribution in [0.1, 0.15) is 29.3 Å². The van der Waals surface area contributed by atoms with E-state index < -0.39 is 5.91 Å². The maximum atomic E-state index is 12.8. The second kappa shape index (κ2) is 5.68. The monoisotopic (exact) mass is 377 g/mol. The number of amides is 2. The highest BCUT2D eigenvalue weighted by Gasteiger charge is 2.36. The smallest absolute Gasteiger partial charge is 0.282 e. The largest absolute Gasteiger partial charge is 0.286 e. The lowest BCUT2D eigenvalue weighted by Crippen LogP contribution is -2.34. The first-order chi connectivity index (χ1) is 13.1. The second-order valence-electron chi connectivity index (χ2n) is 6.60. The lowest BCUT2D eigenvalue weighted by molar-refractivity contribution is -0.121. The van der Waals surface area contributed by atoms with Crippen LogP contribution in [0.15, 0.2) is 35.7 Å². The molecule has 0 saturated heterocycles. The fourth-order valence-electron chi connectivity index (χ4n) is 3.80. The van der Waals surface area contributed by atoms with Crippen LogP contribution in [-0.4, -0.2) is 27.2 Å². The van der Waals surface area contributed by atoms with Crippen molar-refractivity contribution in [2.75, 3.05) is 4.90 Å². The predicted octanol–water partition coefficient (Wildman–Crippen LogP) is 2.21. The first-order valence-electron chi connectivity index (χ1n) is 8.66. The van der Waals surface area contributed by atoms with E-state index in [1.54, 1.807) is 35.6 Å². The molecule has 0 saturated carbocycles. The summed E-state index contributed by atoms with van der Waals surface area (Å²) in [5.74, 6) is -0.843. The van der Waals surface area contributed by atoms with Gasteiger partial charge in [-0.25, -0.2) is 14.6 Å². The zero-order chi connectivity index (χ0) is 18.7. The van der Waals surface area contributed by atoms with Crippen LogP contribution in [0.25, 0.3) is 10.2 Å². The summed E-state index contributed by atoms with van der Waals surface area (Å²) in [4.78, 5) is 32.4. The summed E-state index contributed by atoms with van der Waals surface area (Å²) >= 11 is 1.63. The van der Waals surface area contributed by atoms with Gasteiger partial charge in [-0.3, -0.25) is 15.0 Å². The maximum Gasteiger partial charge on any atom is 0.286 e. The lowest BCUT2D eigenvalue weighted by Gasteiger charge is -2.11. The van der Waals surface area contributed by atoms with Crippen LogP contribution in [0.5, 0.6) is 0 Å². The number of rotatable bonds is 1. The standard InChI is InChI=1S/C19H15N5O2S/c1-10(25)24-13-7-3-2-5-11(13)16(19(24)26)22-23-9-21-18-15(17(23)20)12-6-4-8-14(12)27-18/h2-3,5,7,9,20H,4,6,8H2,1H3/b20-17?,22-16-. The van der Waals surface area contributed by atoms with Gasteiger partial charge >= 0.3 is 0 Å². The number of carbonyl (C=O) groups excluding carboxylic acids is 2. The van der Waals surface area contributed by atoms with E-state index in [2.05, 4.69) is 10.1 Å². The third kappa shape index (κ3) is 2.23. The third-order valence-corrected chi connectivity index (χ3v) is 6.18. The van der Waals surface area contributed by atoms with E-state index in [0.29, 0.717) is 11.3 Å². The number of hydrogen-bond donors (Lipinski definition) is 1. The van der Waals surface area contributed by atoms with Crippen molar-refractivity contribution in [1.29, 1.82) is 5.41 Å². The van der Waals surface area contributed by atoms with Crippen molar-refractivity contribution < 1.29 is 9.59 Å². The molecule has 1 N–H and O–H groups in total. The number of carbonyl (C=O) groups is 2. The van der Waals surface area contributed by atoms with Gasteiger partial charge in [0.25, 0.3) is 5.91 Å². The first-order valence-corrected chi connectivity index (χ1v) is 9.48. The Labute approximate surface area is 158 Å². The highest BCUT2D eigenvalue weighted by atomic mass is 32.1. The van der Waals surface area contributed by atoms with Crippen LogP contribution in [0.4, 0.5) is 5.69 Å². The summed E-state index contributed by atoms with van der Waals surface area (Å²) in [7, 11) is 0. The Morgan fingerprint density at radius 2 is 2.11 bits per heavy atom. The van der Waals surface area contributed by atoms with Crippen molar-refractivity contribution in [2.45, 2.75) is 26.2 Å². The number of imide groups is 1. The molecule has 0 radical (unpaired) electrons. The van der Waals surface area contributed by atoms with Gasteiger partial charge in [-0.1, -0.05) is 18.2 Å². The average Bonchev–Trinajstić information content (AvgIpc) is 3.29. The van der Waals surface area contributed by atoms with E-state index in [-0.39, 0.29) is 17.1 Å². The molecule has 27 heavy (non-hydrogen) atoms. The van der Waals surface area contributed by atoms with E-state index >= 15 is 0 Å². The Balaban J connectivity index is 1.72. The fraction of sp³-hybridized carbons (Fsp3) is 0.211. The number of aromatic nitrogens is 2. The van der Waals surface area contributed by atoms with Crippen LogP contribution in [0.2, 0.25) is 0 Å². The zero-order valence-electron chi connectivity index (χ0n) is 14.5. The van der Waals surface area contributed by atoms with Crippen molar-refractivity contribution in [3.63, 3.8) is 0 Å². The SMILES string of the molecule is CC(=O)N1C(=O)/C(=N\n2cnc3sc4c(c3c2=N)CCC4)c2ccccc21. The van der Waals surface area contributed by atoms with Crippen molar-refractivity contribution in [2.24, 2.45) is 5.10 Å². The normalized spacial score (nSPS) is 17.0. The number of nitrogens with zero attached hydrogens (tertiary/aromatic N) is 4. The molecule has 2 amide bonds. The van der Waals surface area contributed by atoms with Crippen molar-refractivity contribution in [3.05, 3.63) is 52.1 Å². The Morgan fingerprint density at radius 3 is 2.93 bits per heavy atom. The molecule has 2 aromatic heterocycles. The summed E-state index contributed by atoms with van der Waals surface area (Å²) in [6, 6.07) is 7.05. The molecule has 2 aliphatic rings. The Kier molecular flexibility index (Phi) is 3.38. The van der Waals surface area contributed by atoms with Gasteiger partial charge in [-0.05, 0) is 30.9 Å². The highest BCUT2D eigenvalue weighted by Crippen LogP contribution is 2.34. The van der Waals surface area contributed by atoms with E-state index in [4.69, 9.17) is 5.41 Å². The van der Waals surface area contributed by atoms with Crippen LogP contribution >= 0.6 is 11.3 Å². The number of hydrogen-bond acceptors (Lipinski definition) is 6. The molecular weight excluding hydrogens is 362 g/mol. The van der Waals surface area contributed by atoms with Crippen LogP contribution in [0.3, 0.4) is 0 Å². The van der Waals surface area contributed by atoms with Crippen LogP contribution in [-0.2, 0) is 22.4 Å². The van der Waals surface area contributed by atoms with E-state index in [0.717, 1.165) is 34.4 Å². The second-order valence-corrected chi connectivity index (χ2v) is 7.68. The molecule has 1 aliphatic carbocycles. The van der Waals surface area contributed by atoms with Crippen molar-refractivity contribution >= 4 is 44.8 Å². The van der Waals surface area contributed by atoms with E-state index in [1.165, 1.54) is 28.4 Å². The van der Waals surface area contributed by atoms with Crippen molar-refractivity contribution in [3.8, 4) is 0 Å². The molecule has 3 aromatic rings. The molecular formula is C19H15N5O2S. The first kappa shape index (κ1) is 16.1. The molecule has 7 nitrogen and oxygen atoms in total. The Bertz CT molecular complexity index is 1240. The molecule has 0 unspecified atom stereocenters. The van der Waals surface area contributed by atoms with E-state index in [1.807, 2.05) is 0 Å². The summed E-state index contributed by atoms with van der Waals surface area (Å²) in [6.45, 7) is 1.35. The summed E-state index contributed by atoms with van der Waals surface area (Å²) in [6.07, 6.45) is 4.54. The number of anilines is 1. The molecule has 0 bridgehead atoms. The van der Waals surface area contributed by atoms with Gasteiger partial charge in [0.05, 0.1) is 11.1 Å². The van der Waals surface area contributed by atoms with Crippen molar-refractivity contribution in [1.82, 2.24) is 9.66 Å². The minimum Gasteiger partial charge on any atom is -0.282 e. The lowest BCUT2D eigenvalue weighted by atomic mass is 10.1. The molecule has 0 fully saturated rings. The Hall–Kier alpha value is -3.13. The zero-order valence-corrected chi connectivity index (χ0v) is 15.3. The van der Waals surface area contributed by atoms with Crippen LogP contribution in [0, 0.1) is 5.41 Å². The maximum absolute atomic E-state index is 12.8. The number of para-hydroxylation sites is 1. The molecule has 8 heteroatoms. The number of benzene rings is 1. The van der Waals surface area contributed by atoms with Gasteiger partial charge in [-0.15, -0.1) is 11.3 Å². The number of nitrogens with one attached hydrogen (secondary N) is 1. The molecule has 1 aromatic carbocycles. The topological polar surface area (TPSA) is 91.4 Å². The summed E-state index contributed by atoms with van der Waals surface area (Å²) < 4.78 is 1.33. The van der Waals surface area contributed by atoms with Gasteiger partial charge in [0.2, 0.25) is 5.91 Å². The predicted molar refractivity (Wildman–Crippen MR) is 102 cm³/mol. The Morgan fingerprint density at radius 1 is 1.30 bits per heavy atom. The van der Waals surface area contributed by atoms with Gasteiger partial charge in [0.15, 0.2) is 11.2 Å². The fourth-order valence-corrected chi connectivity index (χ4v) is 5.03. The van der Waals surface area contributed by atoms with Gasteiger partial charge in [-0.2, -0.15) is 5.10 Å². The minimum absolute atomic E-state index is 0.146. The van der Waals surface area contributed by atoms with Crippen LogP contribution < -0.4 is 10.4 Å². The molecule has 1 aliphatic heterocycles. The van der Waals surface area contributed by atoms with Gasteiger partial charge in [0.1, 0.15) is 11.2 Å². The quantitative estimate of drug-likeness (QED) is 0.705. The summed E-state index contributed by atoms with van der Waals surface area (Å²) in [5.41, 5.74) is 2.66. The molecule has 5 rings (SSSR count). The number of thiophene rings is 1. The average molecular weight is 377 g/mol. The van der Waals surface area contributed by atoms with E-state index in [9.17, 15) is 9.59 Å². The molecule has 134 valence electrons. The van der Waals surface area contributed by atoms with Gasteiger partial charge < -0.3 is 0 Å². The molecule has 0 spiro atoms. The number of aryl methyl sites for hydroxylation is 2. The minimum atomic E-state index is -0.480.